The highest BCUT2D eigenvalue weighted by atomic mass is 35.5. The van der Waals surface area contributed by atoms with Gasteiger partial charge in [0.25, 0.3) is 5.91 Å². The lowest BCUT2D eigenvalue weighted by Crippen LogP contribution is -2.44. The van der Waals surface area contributed by atoms with Gasteiger partial charge in [-0.3, -0.25) is 19.0 Å². The van der Waals surface area contributed by atoms with E-state index < -0.39 is 61.4 Å². The Bertz CT molecular complexity index is 1980. The Morgan fingerprint density at radius 1 is 1.14 bits per heavy atom. The van der Waals surface area contributed by atoms with E-state index in [9.17, 15) is 24.3 Å². The number of alkyl halides is 2. The highest BCUT2D eigenvalue weighted by Gasteiger charge is 2.62. The second kappa shape index (κ2) is 15.9. The Labute approximate surface area is 296 Å². The molecule has 1 aliphatic rings. The van der Waals surface area contributed by atoms with Gasteiger partial charge in [0, 0.05) is 47.7 Å². The molecule has 4 aromatic rings. The number of benzene rings is 2. The summed E-state index contributed by atoms with van der Waals surface area (Å²) in [6, 6.07) is 17.4. The number of hydrogen-bond donors (Lipinski definition) is 3. The Kier molecular flexibility index (Phi) is 11.6. The molecule has 2 aromatic heterocycles. The molecule has 5 rings (SSSR count). The Hall–Kier alpha value is -4.99. The van der Waals surface area contributed by atoms with Gasteiger partial charge in [-0.1, -0.05) is 61.0 Å². The molecule has 1 saturated heterocycles. The van der Waals surface area contributed by atoms with E-state index in [1.807, 2.05) is 56.3 Å². The number of aliphatic hydroxyl groups excluding tert-OH is 1. The summed E-state index contributed by atoms with van der Waals surface area (Å²) in [7, 11) is 0. The quantitative estimate of drug-likeness (QED) is 0.171. The van der Waals surface area contributed by atoms with E-state index in [0.717, 1.165) is 23.0 Å². The first-order valence-electron chi connectivity index (χ1n) is 16.3. The molecule has 4 N–H and O–H groups in total. The van der Waals surface area contributed by atoms with Crippen LogP contribution >= 0.6 is 11.6 Å². The molecule has 2 aromatic carbocycles. The number of nitrogens with zero attached hydrogens (tertiary/aromatic N) is 4. The van der Waals surface area contributed by atoms with Crippen molar-refractivity contribution in [3.63, 3.8) is 0 Å². The molecule has 3 heterocycles. The summed E-state index contributed by atoms with van der Waals surface area (Å²) in [5, 5.41) is 14.4. The van der Waals surface area contributed by atoms with Crippen molar-refractivity contribution >= 4 is 46.0 Å². The van der Waals surface area contributed by atoms with E-state index >= 15 is 8.78 Å². The number of halogens is 3. The van der Waals surface area contributed by atoms with Crippen molar-refractivity contribution in [2.24, 2.45) is 0 Å². The molecule has 1 unspecified atom stereocenters. The van der Waals surface area contributed by atoms with Crippen LogP contribution in [0.1, 0.15) is 49.8 Å². The van der Waals surface area contributed by atoms with Crippen LogP contribution in [0.5, 0.6) is 0 Å². The molecule has 1 fully saturated rings. The lowest BCUT2D eigenvalue weighted by molar-refractivity contribution is -0.177. The molecule has 0 bridgehead atoms. The number of fused-ring (bicyclic) bond motifs is 1. The normalized spacial score (nSPS) is 18.7. The number of rotatable bonds is 13. The van der Waals surface area contributed by atoms with Crippen LogP contribution in [-0.2, 0) is 19.1 Å². The standard InChI is InChI=1S/C35H37ClF2N6O7/c1-3-20(2)43(32(48)25-18-21-8-4-5-9-22(21)30(41-25)23-10-6-7-11-24(23)36)17-15-40-28(46)12-13-29(47)51-31-26(19-45)50-33(35(31,37)38)44-16-14-27(39)42-34(44)49/h4-11,14,16,18,20,26,31,33,45H,3,12-13,15,17,19H2,1-2H3,(H,40,46)(H2,39,42,49)/t20?,26-,31-,33-/m1/s1. The fourth-order valence-electron chi connectivity index (χ4n) is 5.74. The monoisotopic (exact) mass is 726 g/mol. The largest absolute Gasteiger partial charge is 0.453 e. The maximum Gasteiger partial charge on any atom is 0.351 e. The van der Waals surface area contributed by atoms with E-state index in [1.165, 1.54) is 0 Å². The molecule has 51 heavy (non-hydrogen) atoms. The minimum atomic E-state index is -3.94. The summed E-state index contributed by atoms with van der Waals surface area (Å²) in [4.78, 5) is 61.0. The van der Waals surface area contributed by atoms with Gasteiger partial charge < -0.3 is 30.5 Å². The van der Waals surface area contributed by atoms with Crippen molar-refractivity contribution in [1.82, 2.24) is 24.8 Å². The van der Waals surface area contributed by atoms with E-state index in [2.05, 4.69) is 10.3 Å². The van der Waals surface area contributed by atoms with Crippen molar-refractivity contribution in [2.75, 3.05) is 25.4 Å². The maximum absolute atomic E-state index is 15.3. The number of nitrogens with one attached hydrogen (secondary N) is 1. The van der Waals surface area contributed by atoms with E-state index in [0.29, 0.717) is 27.3 Å². The zero-order valence-corrected chi connectivity index (χ0v) is 28.6. The summed E-state index contributed by atoms with van der Waals surface area (Å²) in [6.07, 6.45) is -5.52. The van der Waals surface area contributed by atoms with Crippen LogP contribution in [0.4, 0.5) is 14.6 Å². The molecule has 270 valence electrons. The smallest absolute Gasteiger partial charge is 0.351 e. The average Bonchev–Trinajstić information content (AvgIpc) is 3.36. The van der Waals surface area contributed by atoms with Crippen LogP contribution in [0, 0.1) is 0 Å². The Morgan fingerprint density at radius 2 is 1.86 bits per heavy atom. The molecule has 0 spiro atoms. The van der Waals surface area contributed by atoms with Crippen molar-refractivity contribution in [1.29, 1.82) is 0 Å². The van der Waals surface area contributed by atoms with Gasteiger partial charge in [0.15, 0.2) is 6.10 Å². The molecule has 16 heteroatoms. The number of carbonyl (C=O) groups excluding carboxylic acids is 3. The second-order valence-corrected chi connectivity index (χ2v) is 12.4. The van der Waals surface area contributed by atoms with Crippen LogP contribution in [-0.4, -0.2) is 86.2 Å². The fraction of sp³-hybridized carbons (Fsp3) is 0.371. The third kappa shape index (κ3) is 8.16. The molecular weight excluding hydrogens is 690 g/mol. The predicted octanol–water partition coefficient (Wildman–Crippen LogP) is 3.97. The maximum atomic E-state index is 15.3. The average molecular weight is 727 g/mol. The molecule has 0 aliphatic carbocycles. The number of hydrogen-bond acceptors (Lipinski definition) is 10. The van der Waals surface area contributed by atoms with Gasteiger partial charge >= 0.3 is 17.6 Å². The molecule has 4 atom stereocenters. The van der Waals surface area contributed by atoms with Gasteiger partial charge in [-0.2, -0.15) is 13.8 Å². The van der Waals surface area contributed by atoms with Gasteiger partial charge in [-0.05, 0) is 36.9 Å². The number of carbonyl (C=O) groups is 3. The molecule has 2 amide bonds. The summed E-state index contributed by atoms with van der Waals surface area (Å²) in [6.45, 7) is 3.00. The van der Waals surface area contributed by atoms with Crippen LogP contribution in [0.2, 0.25) is 5.02 Å². The van der Waals surface area contributed by atoms with Crippen LogP contribution < -0.4 is 16.7 Å². The first-order chi connectivity index (χ1) is 24.3. The lowest BCUT2D eigenvalue weighted by atomic mass is 10.0. The first kappa shape index (κ1) is 37.3. The number of nitrogen functional groups attached to an aromatic ring is 1. The SMILES string of the molecule is CCC(C)N(CCNC(=O)CCC(=O)O[C@@H]1[C@@H](CO)O[C@@H](n2ccc(N)nc2=O)C1(F)F)C(=O)c1cc2ccccc2c(-c2ccccc2Cl)n1. The number of anilines is 1. The molecule has 1 aliphatic heterocycles. The summed E-state index contributed by atoms with van der Waals surface area (Å²) in [5.74, 6) is -6.21. The van der Waals surface area contributed by atoms with Crippen molar-refractivity contribution < 1.29 is 37.7 Å². The second-order valence-electron chi connectivity index (χ2n) is 12.0. The molecule has 13 nitrogen and oxygen atoms in total. The highest BCUT2D eigenvalue weighted by molar-refractivity contribution is 6.33. The Balaban J connectivity index is 1.20. The third-order valence-electron chi connectivity index (χ3n) is 8.60. The third-order valence-corrected chi connectivity index (χ3v) is 8.93. The zero-order valence-electron chi connectivity index (χ0n) is 27.8. The van der Waals surface area contributed by atoms with E-state index in [-0.39, 0.29) is 36.6 Å². The summed E-state index contributed by atoms with van der Waals surface area (Å²) >= 11 is 6.51. The number of aliphatic hydroxyl groups is 1. The number of aromatic nitrogens is 3. The van der Waals surface area contributed by atoms with Crippen LogP contribution in [0.3, 0.4) is 0 Å². The van der Waals surface area contributed by atoms with Gasteiger partial charge in [-0.25, -0.2) is 9.78 Å². The molecular formula is C35H37ClF2N6O7. The zero-order chi connectivity index (χ0) is 36.9. The summed E-state index contributed by atoms with van der Waals surface area (Å²) < 4.78 is 41.2. The van der Waals surface area contributed by atoms with Crippen LogP contribution in [0.15, 0.2) is 71.7 Å². The predicted molar refractivity (Wildman–Crippen MR) is 184 cm³/mol. The number of ether oxygens (including phenoxy) is 2. The Morgan fingerprint density at radius 3 is 2.57 bits per heavy atom. The molecule has 0 saturated carbocycles. The first-order valence-corrected chi connectivity index (χ1v) is 16.6. The van der Waals surface area contributed by atoms with Crippen molar-refractivity contribution in [3.05, 3.63) is 88.1 Å². The van der Waals surface area contributed by atoms with Gasteiger partial charge in [-0.15, -0.1) is 0 Å². The number of pyridine rings is 1. The fourth-order valence-corrected chi connectivity index (χ4v) is 5.97. The number of esters is 1. The van der Waals surface area contributed by atoms with E-state index in [1.54, 1.807) is 17.0 Å². The highest BCUT2D eigenvalue weighted by Crippen LogP contribution is 2.44. The molecule has 0 radical (unpaired) electrons. The van der Waals surface area contributed by atoms with Gasteiger partial charge in [0.05, 0.1) is 18.7 Å². The minimum absolute atomic E-state index is 0.0299. The number of nitrogens with two attached hydrogens (primary N) is 1. The van der Waals surface area contributed by atoms with Crippen molar-refractivity contribution in [2.45, 2.75) is 63.5 Å². The van der Waals surface area contributed by atoms with Crippen LogP contribution in [0.25, 0.3) is 22.0 Å². The topological polar surface area (TPSA) is 179 Å². The summed E-state index contributed by atoms with van der Waals surface area (Å²) in [5.41, 5.74) is 5.74. The van der Waals surface area contributed by atoms with Gasteiger partial charge in [0.1, 0.15) is 17.6 Å². The van der Waals surface area contributed by atoms with Crippen molar-refractivity contribution in [3.8, 4) is 11.3 Å². The minimum Gasteiger partial charge on any atom is -0.453 e. The lowest BCUT2D eigenvalue weighted by Gasteiger charge is -2.29. The number of amides is 2. The van der Waals surface area contributed by atoms with Gasteiger partial charge in [0.2, 0.25) is 12.1 Å². The van der Waals surface area contributed by atoms with E-state index in [4.69, 9.17) is 31.8 Å².